The van der Waals surface area contributed by atoms with Crippen LogP contribution in [0.5, 0.6) is 0 Å². The minimum Gasteiger partial charge on any atom is -0.396 e. The van der Waals surface area contributed by atoms with Crippen LogP contribution in [0.3, 0.4) is 0 Å². The first-order chi connectivity index (χ1) is 11.5. The molecule has 2 heterocycles. The molecule has 6 atom stereocenters. The molecule has 0 spiro atoms. The van der Waals surface area contributed by atoms with Crippen molar-refractivity contribution in [1.29, 1.82) is 0 Å². The second-order valence-electron chi connectivity index (χ2n) is 8.69. The van der Waals surface area contributed by atoms with Gasteiger partial charge in [0.25, 0.3) is 0 Å². The first-order valence-electron chi connectivity index (χ1n) is 9.13. The van der Waals surface area contributed by atoms with Gasteiger partial charge in [-0.3, -0.25) is 0 Å². The molecule has 2 rings (SSSR count). The predicted molar refractivity (Wildman–Crippen MR) is 90.9 cm³/mol. The third kappa shape index (κ3) is 5.85. The van der Waals surface area contributed by atoms with Crippen LogP contribution >= 0.6 is 0 Å². The summed E-state index contributed by atoms with van der Waals surface area (Å²) in [7, 11) is 0. The van der Waals surface area contributed by atoms with E-state index in [2.05, 4.69) is 0 Å². The maximum Gasteiger partial charge on any atom is 0.160 e. The predicted octanol–water partition coefficient (Wildman–Crippen LogP) is 0.567. The summed E-state index contributed by atoms with van der Waals surface area (Å²) in [6.07, 6.45) is -1.10. The van der Waals surface area contributed by atoms with Gasteiger partial charge in [0.15, 0.2) is 6.29 Å². The highest BCUT2D eigenvalue weighted by Gasteiger charge is 2.40. The van der Waals surface area contributed by atoms with E-state index in [-0.39, 0.29) is 25.4 Å². The summed E-state index contributed by atoms with van der Waals surface area (Å²) < 4.78 is 17.6. The summed E-state index contributed by atoms with van der Waals surface area (Å²) in [4.78, 5) is 0. The van der Waals surface area contributed by atoms with Crippen molar-refractivity contribution >= 4 is 0 Å². The normalized spacial score (nSPS) is 37.9. The van der Waals surface area contributed by atoms with E-state index in [4.69, 9.17) is 14.2 Å². The molecule has 0 saturated carbocycles. The molecule has 2 saturated heterocycles. The molecule has 0 bridgehead atoms. The third-order valence-corrected chi connectivity index (χ3v) is 5.18. The highest BCUT2D eigenvalue weighted by Crippen LogP contribution is 2.33. The van der Waals surface area contributed by atoms with Crippen LogP contribution in [0.4, 0.5) is 0 Å². The van der Waals surface area contributed by atoms with Gasteiger partial charge in [-0.15, -0.1) is 0 Å². The monoisotopic (exact) mass is 362 g/mol. The van der Waals surface area contributed by atoms with Crippen LogP contribution in [-0.4, -0.2) is 76.1 Å². The average Bonchev–Trinajstić information content (AvgIpc) is 2.51. The zero-order valence-electron chi connectivity index (χ0n) is 15.7. The van der Waals surface area contributed by atoms with Crippen molar-refractivity contribution in [3.05, 3.63) is 0 Å². The van der Waals surface area contributed by atoms with Crippen molar-refractivity contribution < 1.29 is 34.6 Å². The summed E-state index contributed by atoms with van der Waals surface area (Å²) in [6, 6.07) is 0. The molecule has 2 aliphatic rings. The fourth-order valence-corrected chi connectivity index (χ4v) is 3.34. The number of aliphatic hydroxyl groups excluding tert-OH is 3. The van der Waals surface area contributed by atoms with Crippen LogP contribution in [-0.2, 0) is 14.2 Å². The molecule has 7 heteroatoms. The Hall–Kier alpha value is -0.280. The first kappa shape index (κ1) is 21.0. The molecule has 2 fully saturated rings. The molecule has 0 aliphatic carbocycles. The summed E-state index contributed by atoms with van der Waals surface area (Å²) in [5, 5.41) is 39.8. The quantitative estimate of drug-likeness (QED) is 0.547. The molecule has 0 aromatic carbocycles. The van der Waals surface area contributed by atoms with E-state index in [0.29, 0.717) is 25.7 Å². The molecule has 0 aromatic rings. The molecule has 25 heavy (non-hydrogen) atoms. The lowest BCUT2D eigenvalue weighted by molar-refractivity contribution is -0.258. The van der Waals surface area contributed by atoms with Gasteiger partial charge in [-0.05, 0) is 13.8 Å². The van der Waals surface area contributed by atoms with Gasteiger partial charge in [0.1, 0.15) is 0 Å². The minimum absolute atomic E-state index is 0.0394. The van der Waals surface area contributed by atoms with Gasteiger partial charge in [0.2, 0.25) is 0 Å². The SMILES string of the molecule is CC(C)(CO)C1C[C@H](O)C[C@H](OCC2C[C@H](O)C[C@H](C(C)(C)O)O2)O1. The Morgan fingerprint density at radius 1 is 0.920 bits per heavy atom. The maximum atomic E-state index is 10.1. The topological polar surface area (TPSA) is 109 Å². The van der Waals surface area contributed by atoms with Crippen molar-refractivity contribution in [2.45, 2.75) is 95.8 Å². The van der Waals surface area contributed by atoms with Crippen LogP contribution in [0.25, 0.3) is 0 Å². The van der Waals surface area contributed by atoms with Crippen LogP contribution in [0.15, 0.2) is 0 Å². The second-order valence-corrected chi connectivity index (χ2v) is 8.69. The Kier molecular flexibility index (Phi) is 6.87. The van der Waals surface area contributed by atoms with E-state index in [1.807, 2.05) is 13.8 Å². The summed E-state index contributed by atoms with van der Waals surface area (Å²) >= 11 is 0. The summed E-state index contributed by atoms with van der Waals surface area (Å²) in [5.41, 5.74) is -1.50. The van der Waals surface area contributed by atoms with E-state index >= 15 is 0 Å². The van der Waals surface area contributed by atoms with Crippen molar-refractivity contribution in [2.75, 3.05) is 13.2 Å². The highest BCUT2D eigenvalue weighted by atomic mass is 16.7. The fourth-order valence-electron chi connectivity index (χ4n) is 3.34. The highest BCUT2D eigenvalue weighted by molar-refractivity contribution is 4.87. The number of hydrogen-bond donors (Lipinski definition) is 4. The first-order valence-corrected chi connectivity index (χ1v) is 9.13. The summed E-state index contributed by atoms with van der Waals surface area (Å²) in [6.45, 7) is 7.28. The Labute approximate surface area is 149 Å². The van der Waals surface area contributed by atoms with Gasteiger partial charge < -0.3 is 34.6 Å². The minimum atomic E-state index is -1.03. The number of hydrogen-bond acceptors (Lipinski definition) is 7. The van der Waals surface area contributed by atoms with E-state index in [1.165, 1.54) is 0 Å². The summed E-state index contributed by atoms with van der Waals surface area (Å²) in [5.74, 6) is 0. The van der Waals surface area contributed by atoms with Gasteiger partial charge >= 0.3 is 0 Å². The van der Waals surface area contributed by atoms with Crippen molar-refractivity contribution in [2.24, 2.45) is 5.41 Å². The van der Waals surface area contributed by atoms with Crippen LogP contribution in [0, 0.1) is 5.41 Å². The van der Waals surface area contributed by atoms with E-state index < -0.39 is 35.6 Å². The Morgan fingerprint density at radius 2 is 1.52 bits per heavy atom. The Bertz CT molecular complexity index is 420. The van der Waals surface area contributed by atoms with Gasteiger partial charge in [-0.1, -0.05) is 13.8 Å². The molecule has 7 nitrogen and oxygen atoms in total. The van der Waals surface area contributed by atoms with Gasteiger partial charge in [-0.25, -0.2) is 0 Å². The lowest BCUT2D eigenvalue weighted by atomic mass is 9.82. The van der Waals surface area contributed by atoms with E-state index in [1.54, 1.807) is 13.8 Å². The Balaban J connectivity index is 1.89. The van der Waals surface area contributed by atoms with Gasteiger partial charge in [0.05, 0.1) is 49.3 Å². The van der Waals surface area contributed by atoms with Gasteiger partial charge in [-0.2, -0.15) is 0 Å². The second kappa shape index (κ2) is 8.17. The lowest BCUT2D eigenvalue weighted by Gasteiger charge is -2.42. The maximum absolute atomic E-state index is 10.1. The zero-order valence-corrected chi connectivity index (χ0v) is 15.7. The van der Waals surface area contributed by atoms with Crippen LogP contribution < -0.4 is 0 Å². The average molecular weight is 362 g/mol. The standard InChI is InChI=1S/C18H34O7/c1-17(2,10-19)14-6-12(21)8-16(25-14)23-9-13-5-11(20)7-15(24-13)18(3,4)22/h11-16,19-22H,5-10H2,1-4H3/t11-,12-,13?,14?,15+,16+/m0/s1. The molecule has 0 amide bonds. The Morgan fingerprint density at radius 3 is 2.12 bits per heavy atom. The van der Waals surface area contributed by atoms with Crippen molar-refractivity contribution in [1.82, 2.24) is 0 Å². The lowest BCUT2D eigenvalue weighted by Crippen LogP contribution is -2.49. The third-order valence-electron chi connectivity index (χ3n) is 5.18. The number of rotatable bonds is 6. The zero-order chi connectivity index (χ0) is 18.8. The van der Waals surface area contributed by atoms with Crippen LogP contribution in [0.1, 0.15) is 53.4 Å². The number of aliphatic hydroxyl groups is 4. The van der Waals surface area contributed by atoms with E-state index in [9.17, 15) is 20.4 Å². The number of ether oxygens (including phenoxy) is 3. The largest absolute Gasteiger partial charge is 0.396 e. The van der Waals surface area contributed by atoms with Crippen LogP contribution in [0.2, 0.25) is 0 Å². The van der Waals surface area contributed by atoms with E-state index in [0.717, 1.165) is 0 Å². The molecule has 0 aromatic heterocycles. The molecule has 4 N–H and O–H groups in total. The molecular weight excluding hydrogens is 328 g/mol. The van der Waals surface area contributed by atoms with Gasteiger partial charge in [0, 0.05) is 31.1 Å². The van der Waals surface area contributed by atoms with Crippen molar-refractivity contribution in [3.8, 4) is 0 Å². The molecule has 2 unspecified atom stereocenters. The molecule has 2 aliphatic heterocycles. The molecule has 0 radical (unpaired) electrons. The molecular formula is C18H34O7. The fraction of sp³-hybridized carbons (Fsp3) is 1.00. The smallest absolute Gasteiger partial charge is 0.160 e. The van der Waals surface area contributed by atoms with Crippen molar-refractivity contribution in [3.63, 3.8) is 0 Å². The molecule has 148 valence electrons.